The number of rotatable bonds is 4. The number of aromatic nitrogens is 1. The Morgan fingerprint density at radius 1 is 1.29 bits per heavy atom. The molecule has 3 rings (SSSR count). The van der Waals surface area contributed by atoms with Crippen LogP contribution < -0.4 is 20.7 Å². The van der Waals surface area contributed by atoms with E-state index >= 15 is 0 Å². The highest BCUT2D eigenvalue weighted by molar-refractivity contribution is 6.07. The molecule has 0 spiro atoms. The first-order chi connectivity index (χ1) is 13.2. The Morgan fingerprint density at radius 2 is 1.93 bits per heavy atom. The largest absolute Gasteiger partial charge is 0.477 e. The third-order valence-electron chi connectivity index (χ3n) is 4.93. The zero-order valence-corrected chi connectivity index (χ0v) is 16.9. The van der Waals surface area contributed by atoms with Crippen LogP contribution in [0.25, 0.3) is 0 Å². The molecule has 0 aliphatic carbocycles. The molecule has 1 aromatic heterocycles. The Bertz CT molecular complexity index is 918. The van der Waals surface area contributed by atoms with Crippen molar-refractivity contribution in [3.63, 3.8) is 0 Å². The van der Waals surface area contributed by atoms with Crippen molar-refractivity contribution in [2.45, 2.75) is 53.2 Å². The molecule has 1 aliphatic rings. The van der Waals surface area contributed by atoms with Gasteiger partial charge in [0.05, 0.1) is 0 Å². The van der Waals surface area contributed by atoms with Crippen LogP contribution >= 0.6 is 0 Å². The van der Waals surface area contributed by atoms with E-state index in [1.165, 1.54) is 4.90 Å². The fourth-order valence-electron chi connectivity index (χ4n) is 3.53. The van der Waals surface area contributed by atoms with Crippen molar-refractivity contribution in [3.8, 4) is 5.75 Å². The van der Waals surface area contributed by atoms with Crippen LogP contribution in [0.2, 0.25) is 0 Å². The Labute approximate surface area is 164 Å². The van der Waals surface area contributed by atoms with Gasteiger partial charge in [0, 0.05) is 5.69 Å². The fourth-order valence-corrected chi connectivity index (χ4v) is 3.53. The maximum atomic E-state index is 13.0. The highest BCUT2D eigenvalue weighted by Gasteiger charge is 2.39. The molecule has 0 bridgehead atoms. The minimum atomic E-state index is -0.779. The van der Waals surface area contributed by atoms with E-state index in [1.54, 1.807) is 19.1 Å². The maximum absolute atomic E-state index is 13.0. The lowest BCUT2D eigenvalue weighted by molar-refractivity contribution is -0.129. The summed E-state index contributed by atoms with van der Waals surface area (Å²) in [7, 11) is 0. The molecule has 1 aromatic carbocycles. The number of pyridine rings is 1. The molecule has 3 N–H and O–H groups in total. The van der Waals surface area contributed by atoms with E-state index in [2.05, 4.69) is 10.3 Å². The Morgan fingerprint density at radius 3 is 2.54 bits per heavy atom. The van der Waals surface area contributed by atoms with Gasteiger partial charge >= 0.3 is 0 Å². The van der Waals surface area contributed by atoms with Gasteiger partial charge in [0.2, 0.25) is 5.91 Å². The van der Waals surface area contributed by atoms with Crippen LogP contribution in [-0.2, 0) is 9.59 Å². The van der Waals surface area contributed by atoms with Crippen LogP contribution in [0.3, 0.4) is 0 Å². The molecule has 2 amide bonds. The molecular weight excluding hydrogens is 356 g/mol. The number of anilines is 3. The molecule has 28 heavy (non-hydrogen) atoms. The number of carbonyl (C=O) groups excluding carboxylic acids is 2. The smallest absolute Gasteiger partial charge is 0.270 e. The Hall–Kier alpha value is -3.09. The van der Waals surface area contributed by atoms with Crippen molar-refractivity contribution in [3.05, 3.63) is 41.0 Å². The average molecular weight is 382 g/mol. The number of hydrogen-bond donors (Lipinski definition) is 2. The van der Waals surface area contributed by atoms with Crippen molar-refractivity contribution in [1.29, 1.82) is 0 Å². The molecule has 0 saturated heterocycles. The highest BCUT2D eigenvalue weighted by atomic mass is 16.5. The molecule has 2 heterocycles. The number of nitrogen functional groups attached to an aromatic ring is 1. The van der Waals surface area contributed by atoms with Crippen molar-refractivity contribution in [2.75, 3.05) is 16.0 Å². The van der Waals surface area contributed by atoms with E-state index in [9.17, 15) is 9.59 Å². The van der Waals surface area contributed by atoms with Crippen molar-refractivity contribution in [1.82, 2.24) is 4.98 Å². The first-order valence-corrected chi connectivity index (χ1v) is 9.37. The zero-order chi connectivity index (χ0) is 20.6. The Balaban J connectivity index is 1.94. The number of nitrogens with two attached hydrogens (primary N) is 1. The number of nitrogens with one attached hydrogen (secondary N) is 1. The molecule has 0 saturated carbocycles. The van der Waals surface area contributed by atoms with Crippen LogP contribution in [0.5, 0.6) is 5.75 Å². The molecular formula is C21H26N4O3. The summed E-state index contributed by atoms with van der Waals surface area (Å²) in [6.45, 7) is 9.45. The van der Waals surface area contributed by atoms with Crippen molar-refractivity contribution >= 4 is 29.1 Å². The summed E-state index contributed by atoms with van der Waals surface area (Å²) >= 11 is 0. The van der Waals surface area contributed by atoms with E-state index in [0.29, 0.717) is 12.2 Å². The van der Waals surface area contributed by atoms with Gasteiger partial charge < -0.3 is 15.8 Å². The van der Waals surface area contributed by atoms with Gasteiger partial charge in [-0.25, -0.2) is 4.98 Å². The summed E-state index contributed by atoms with van der Waals surface area (Å²) < 4.78 is 5.74. The van der Waals surface area contributed by atoms with Crippen LogP contribution in [0.4, 0.5) is 17.3 Å². The first kappa shape index (κ1) is 19.7. The van der Waals surface area contributed by atoms with Crippen LogP contribution in [0.15, 0.2) is 24.3 Å². The number of nitrogens with zero attached hydrogens (tertiary/aromatic N) is 2. The number of amides is 2. The van der Waals surface area contributed by atoms with E-state index in [0.717, 1.165) is 22.4 Å². The number of aryl methyl sites for hydroxylation is 3. The topological polar surface area (TPSA) is 97.6 Å². The summed E-state index contributed by atoms with van der Waals surface area (Å²) in [6, 6.07) is 6.54. The van der Waals surface area contributed by atoms with Gasteiger partial charge in [-0.1, -0.05) is 24.6 Å². The monoisotopic (exact) mass is 382 g/mol. The molecule has 2 atom stereocenters. The van der Waals surface area contributed by atoms with E-state index in [4.69, 9.17) is 10.5 Å². The SMILES string of the molecule is CCC1Oc2ccc(N)nc2N(C(C)C(=O)Nc2c(C)cc(C)cc2C)C1=O. The lowest BCUT2D eigenvalue weighted by Crippen LogP contribution is -2.53. The zero-order valence-electron chi connectivity index (χ0n) is 16.9. The van der Waals surface area contributed by atoms with Gasteiger partial charge in [0.25, 0.3) is 5.91 Å². The molecule has 0 fully saturated rings. The van der Waals surface area contributed by atoms with Gasteiger partial charge in [-0.15, -0.1) is 0 Å². The fraction of sp³-hybridized carbons (Fsp3) is 0.381. The van der Waals surface area contributed by atoms with Crippen molar-refractivity contribution in [2.24, 2.45) is 0 Å². The van der Waals surface area contributed by atoms with Gasteiger partial charge in [0.15, 0.2) is 17.7 Å². The predicted molar refractivity (Wildman–Crippen MR) is 110 cm³/mol. The molecule has 0 radical (unpaired) electrons. The second kappa shape index (κ2) is 7.50. The number of ether oxygens (including phenoxy) is 1. The quantitative estimate of drug-likeness (QED) is 0.847. The molecule has 148 valence electrons. The van der Waals surface area contributed by atoms with Crippen LogP contribution in [0.1, 0.15) is 37.0 Å². The number of fused-ring (bicyclic) bond motifs is 1. The van der Waals surface area contributed by atoms with Gasteiger partial charge in [0.1, 0.15) is 11.9 Å². The number of benzene rings is 1. The van der Waals surface area contributed by atoms with Gasteiger partial charge in [-0.05, 0) is 57.4 Å². The average Bonchev–Trinajstić information content (AvgIpc) is 2.63. The number of carbonyl (C=O) groups is 2. The minimum Gasteiger partial charge on any atom is -0.477 e. The maximum Gasteiger partial charge on any atom is 0.270 e. The van der Waals surface area contributed by atoms with Gasteiger partial charge in [-0.3, -0.25) is 14.5 Å². The molecule has 2 aromatic rings. The lowest BCUT2D eigenvalue weighted by atomic mass is 10.0. The first-order valence-electron chi connectivity index (χ1n) is 9.37. The van der Waals surface area contributed by atoms with E-state index < -0.39 is 12.1 Å². The molecule has 7 heteroatoms. The van der Waals surface area contributed by atoms with Crippen molar-refractivity contribution < 1.29 is 14.3 Å². The summed E-state index contributed by atoms with van der Waals surface area (Å²) in [5.74, 6) is 0.383. The third-order valence-corrected chi connectivity index (χ3v) is 4.93. The minimum absolute atomic E-state index is 0.257. The van der Waals surface area contributed by atoms with E-state index in [-0.39, 0.29) is 23.5 Å². The predicted octanol–water partition coefficient (Wildman–Crippen LogP) is 3.12. The van der Waals surface area contributed by atoms with E-state index in [1.807, 2.05) is 39.8 Å². The lowest BCUT2D eigenvalue weighted by Gasteiger charge is -2.36. The summed E-state index contributed by atoms with van der Waals surface area (Å²) in [5.41, 5.74) is 9.64. The molecule has 1 aliphatic heterocycles. The molecule has 2 unspecified atom stereocenters. The number of hydrogen-bond acceptors (Lipinski definition) is 5. The Kier molecular flexibility index (Phi) is 5.27. The normalized spacial score (nSPS) is 17.0. The summed E-state index contributed by atoms with van der Waals surface area (Å²) in [4.78, 5) is 31.6. The second-order valence-electron chi connectivity index (χ2n) is 7.22. The van der Waals surface area contributed by atoms with Gasteiger partial charge in [-0.2, -0.15) is 0 Å². The second-order valence-corrected chi connectivity index (χ2v) is 7.22. The standard InChI is InChI=1S/C21H26N4O3/c1-6-15-21(27)25(19-16(28-15)7-8-17(22)23-19)14(5)20(26)24-18-12(3)9-11(2)10-13(18)4/h7-10,14-15H,6H2,1-5H3,(H2,22,23)(H,24,26). The summed E-state index contributed by atoms with van der Waals surface area (Å²) in [6.07, 6.45) is -0.167. The molecule has 7 nitrogen and oxygen atoms in total. The third kappa shape index (κ3) is 3.52. The highest BCUT2D eigenvalue weighted by Crippen LogP contribution is 2.35. The summed E-state index contributed by atoms with van der Waals surface area (Å²) in [5, 5.41) is 2.97. The van der Waals surface area contributed by atoms with Crippen LogP contribution in [-0.4, -0.2) is 28.9 Å². The van der Waals surface area contributed by atoms with Crippen LogP contribution in [0, 0.1) is 20.8 Å².